The molecule has 2 N–H and O–H groups in total. The van der Waals surface area contributed by atoms with Crippen LogP contribution < -0.4 is 15.1 Å². The number of aromatic amines is 1. The SMILES string of the molecule is CN(C)c1nc(CNC(=O)C(=O)c2c[nH]c3ccccc23)nc(N2CCOCC2)n1. The molecular weight excluding hydrogens is 386 g/mol. The molecule has 1 amide bonds. The number of hydrogen-bond donors (Lipinski definition) is 2. The van der Waals surface area contributed by atoms with Gasteiger partial charge in [-0.3, -0.25) is 9.59 Å². The van der Waals surface area contributed by atoms with Gasteiger partial charge >= 0.3 is 0 Å². The number of amides is 1. The highest BCUT2D eigenvalue weighted by atomic mass is 16.5. The molecule has 1 aliphatic heterocycles. The normalized spacial score (nSPS) is 14.0. The third-order valence-corrected chi connectivity index (χ3v) is 4.80. The van der Waals surface area contributed by atoms with Crippen LogP contribution in [0.5, 0.6) is 0 Å². The average Bonchev–Trinajstić information content (AvgIpc) is 3.21. The second kappa shape index (κ2) is 8.46. The summed E-state index contributed by atoms with van der Waals surface area (Å²) < 4.78 is 5.38. The van der Waals surface area contributed by atoms with E-state index in [0.717, 1.165) is 5.52 Å². The molecule has 0 bridgehead atoms. The van der Waals surface area contributed by atoms with E-state index in [9.17, 15) is 9.59 Å². The van der Waals surface area contributed by atoms with Crippen LogP contribution in [0.1, 0.15) is 16.2 Å². The van der Waals surface area contributed by atoms with E-state index in [0.29, 0.717) is 55.0 Å². The number of hydrogen-bond acceptors (Lipinski definition) is 8. The number of H-pyrrole nitrogens is 1. The van der Waals surface area contributed by atoms with Gasteiger partial charge in [-0.2, -0.15) is 15.0 Å². The van der Waals surface area contributed by atoms with Crippen molar-refractivity contribution in [3.05, 3.63) is 41.9 Å². The van der Waals surface area contributed by atoms with Crippen LogP contribution in [0.4, 0.5) is 11.9 Å². The lowest BCUT2D eigenvalue weighted by Gasteiger charge is -2.27. The Hall–Kier alpha value is -3.53. The maximum Gasteiger partial charge on any atom is 0.292 e. The number of Topliss-reactive ketones (excluding diaryl/α,β-unsaturated/α-hetero) is 1. The minimum absolute atomic E-state index is 0.0215. The number of para-hydroxylation sites is 1. The number of ether oxygens (including phenoxy) is 1. The molecule has 0 spiro atoms. The second-order valence-electron chi connectivity index (χ2n) is 7.11. The van der Waals surface area contributed by atoms with Gasteiger partial charge in [-0.1, -0.05) is 18.2 Å². The molecule has 4 rings (SSSR count). The molecule has 3 heterocycles. The van der Waals surface area contributed by atoms with Crippen LogP contribution in [-0.2, 0) is 16.1 Å². The van der Waals surface area contributed by atoms with Gasteiger partial charge in [0.2, 0.25) is 11.9 Å². The number of ketones is 1. The van der Waals surface area contributed by atoms with Gasteiger partial charge in [-0.25, -0.2) is 0 Å². The quantitative estimate of drug-likeness (QED) is 0.453. The van der Waals surface area contributed by atoms with Crippen LogP contribution in [-0.4, -0.2) is 72.0 Å². The van der Waals surface area contributed by atoms with Crippen molar-refractivity contribution in [3.63, 3.8) is 0 Å². The zero-order chi connectivity index (χ0) is 21.1. The topological polar surface area (TPSA) is 116 Å². The fourth-order valence-electron chi connectivity index (χ4n) is 3.20. The third-order valence-electron chi connectivity index (χ3n) is 4.80. The van der Waals surface area contributed by atoms with Gasteiger partial charge in [0.1, 0.15) is 0 Å². The Morgan fingerprint density at radius 3 is 2.70 bits per heavy atom. The molecule has 0 radical (unpaired) electrons. The summed E-state index contributed by atoms with van der Waals surface area (Å²) in [6.07, 6.45) is 1.55. The molecule has 1 aromatic carbocycles. The summed E-state index contributed by atoms with van der Waals surface area (Å²) in [5, 5.41) is 3.34. The number of nitrogens with zero attached hydrogens (tertiary/aromatic N) is 5. The predicted molar refractivity (Wildman–Crippen MR) is 112 cm³/mol. The van der Waals surface area contributed by atoms with Gasteiger partial charge in [0.15, 0.2) is 5.82 Å². The molecular formula is C20H23N7O3. The molecule has 0 unspecified atom stereocenters. The average molecular weight is 409 g/mol. The van der Waals surface area contributed by atoms with Crippen LogP contribution in [0.25, 0.3) is 10.9 Å². The Kier molecular flexibility index (Phi) is 5.57. The summed E-state index contributed by atoms with van der Waals surface area (Å²) in [5.41, 5.74) is 1.14. The van der Waals surface area contributed by atoms with Crippen molar-refractivity contribution in [2.24, 2.45) is 0 Å². The number of benzene rings is 1. The molecule has 156 valence electrons. The molecule has 0 saturated carbocycles. The molecule has 10 nitrogen and oxygen atoms in total. The van der Waals surface area contributed by atoms with E-state index in [-0.39, 0.29) is 6.54 Å². The molecule has 1 aliphatic rings. The minimum Gasteiger partial charge on any atom is -0.378 e. The van der Waals surface area contributed by atoms with Crippen molar-refractivity contribution >= 4 is 34.5 Å². The summed E-state index contributed by atoms with van der Waals surface area (Å²) in [4.78, 5) is 45.2. The predicted octanol–water partition coefficient (Wildman–Crippen LogP) is 0.755. The van der Waals surface area contributed by atoms with E-state index in [1.807, 2.05) is 37.2 Å². The van der Waals surface area contributed by atoms with Crippen molar-refractivity contribution in [1.29, 1.82) is 0 Å². The number of rotatable bonds is 6. The number of nitrogens with one attached hydrogen (secondary N) is 2. The lowest BCUT2D eigenvalue weighted by atomic mass is 10.1. The first-order valence-corrected chi connectivity index (χ1v) is 9.66. The van der Waals surface area contributed by atoms with Crippen molar-refractivity contribution in [2.75, 3.05) is 50.2 Å². The van der Waals surface area contributed by atoms with Gasteiger partial charge in [0, 0.05) is 44.3 Å². The first kappa shape index (κ1) is 19.8. The fourth-order valence-corrected chi connectivity index (χ4v) is 3.20. The third kappa shape index (κ3) is 4.08. The summed E-state index contributed by atoms with van der Waals surface area (Å²) in [6.45, 7) is 2.60. The summed E-state index contributed by atoms with van der Waals surface area (Å²) in [5.74, 6) is 0.0837. The zero-order valence-electron chi connectivity index (χ0n) is 16.9. The highest BCUT2D eigenvalue weighted by Crippen LogP contribution is 2.18. The molecule has 10 heteroatoms. The Labute approximate surface area is 173 Å². The highest BCUT2D eigenvalue weighted by molar-refractivity contribution is 6.44. The number of carbonyl (C=O) groups is 2. The van der Waals surface area contributed by atoms with Crippen molar-refractivity contribution < 1.29 is 14.3 Å². The Morgan fingerprint density at radius 2 is 1.93 bits per heavy atom. The number of anilines is 2. The van der Waals surface area contributed by atoms with Crippen molar-refractivity contribution in [3.8, 4) is 0 Å². The van der Waals surface area contributed by atoms with Crippen LogP contribution >= 0.6 is 0 Å². The van der Waals surface area contributed by atoms with Crippen LogP contribution in [0.2, 0.25) is 0 Å². The highest BCUT2D eigenvalue weighted by Gasteiger charge is 2.21. The molecule has 0 aliphatic carbocycles. The van der Waals surface area contributed by atoms with Gasteiger partial charge < -0.3 is 24.8 Å². The summed E-state index contributed by atoms with van der Waals surface area (Å²) in [6, 6.07) is 7.34. The van der Waals surface area contributed by atoms with Gasteiger partial charge in [0.05, 0.1) is 25.3 Å². The van der Waals surface area contributed by atoms with E-state index >= 15 is 0 Å². The Morgan fingerprint density at radius 1 is 1.17 bits per heavy atom. The summed E-state index contributed by atoms with van der Waals surface area (Å²) >= 11 is 0. The molecule has 0 atom stereocenters. The van der Waals surface area contributed by atoms with E-state index in [2.05, 4.69) is 25.3 Å². The largest absolute Gasteiger partial charge is 0.378 e. The number of morpholine rings is 1. The smallest absolute Gasteiger partial charge is 0.292 e. The maximum absolute atomic E-state index is 12.6. The maximum atomic E-state index is 12.6. The van der Waals surface area contributed by atoms with Crippen LogP contribution in [0.15, 0.2) is 30.5 Å². The molecule has 1 saturated heterocycles. The minimum atomic E-state index is -0.709. The van der Waals surface area contributed by atoms with E-state index in [1.165, 1.54) is 0 Å². The monoisotopic (exact) mass is 409 g/mol. The Balaban J connectivity index is 1.50. The number of fused-ring (bicyclic) bond motifs is 1. The summed E-state index contributed by atoms with van der Waals surface area (Å²) in [7, 11) is 3.67. The van der Waals surface area contributed by atoms with E-state index in [1.54, 1.807) is 17.2 Å². The van der Waals surface area contributed by atoms with E-state index in [4.69, 9.17) is 4.74 Å². The number of carbonyl (C=O) groups excluding carboxylic acids is 2. The lowest BCUT2D eigenvalue weighted by Crippen LogP contribution is -2.38. The molecule has 1 fully saturated rings. The van der Waals surface area contributed by atoms with Crippen molar-refractivity contribution in [1.82, 2.24) is 25.3 Å². The van der Waals surface area contributed by atoms with Gasteiger partial charge in [0.25, 0.3) is 11.7 Å². The van der Waals surface area contributed by atoms with Gasteiger partial charge in [-0.15, -0.1) is 0 Å². The lowest BCUT2D eigenvalue weighted by molar-refractivity contribution is -0.117. The van der Waals surface area contributed by atoms with E-state index < -0.39 is 11.7 Å². The molecule has 30 heavy (non-hydrogen) atoms. The number of aromatic nitrogens is 4. The Bertz CT molecular complexity index is 1070. The standard InChI is InChI=1S/C20H23N7O3/c1-26(2)19-23-16(24-20(25-19)27-7-9-30-10-8-27)12-22-18(29)17(28)14-11-21-15-6-4-3-5-13(14)15/h3-6,11,21H,7-10,12H2,1-2H3,(H,22,29). The second-order valence-corrected chi connectivity index (χ2v) is 7.11. The molecule has 3 aromatic rings. The first-order chi connectivity index (χ1) is 14.5. The van der Waals surface area contributed by atoms with Crippen molar-refractivity contribution in [2.45, 2.75) is 6.54 Å². The van der Waals surface area contributed by atoms with Crippen LogP contribution in [0.3, 0.4) is 0 Å². The fraction of sp³-hybridized carbons (Fsp3) is 0.350. The zero-order valence-corrected chi connectivity index (χ0v) is 16.9. The van der Waals surface area contributed by atoms with Gasteiger partial charge in [-0.05, 0) is 6.07 Å². The van der Waals surface area contributed by atoms with Crippen LogP contribution in [0, 0.1) is 0 Å². The molecule has 2 aromatic heterocycles. The first-order valence-electron chi connectivity index (χ1n) is 9.66.